The fourth-order valence-corrected chi connectivity index (χ4v) is 1.21. The summed E-state index contributed by atoms with van der Waals surface area (Å²) in [5, 5.41) is 12.7. The second-order valence-corrected chi connectivity index (χ2v) is 3.79. The molecule has 84 valence electrons. The van der Waals surface area contributed by atoms with Gasteiger partial charge in [0.25, 0.3) is 0 Å². The van der Waals surface area contributed by atoms with Crippen molar-refractivity contribution in [3.63, 3.8) is 0 Å². The zero-order valence-electron chi connectivity index (χ0n) is 8.74. The second-order valence-electron chi connectivity index (χ2n) is 3.36. The van der Waals surface area contributed by atoms with Gasteiger partial charge in [0.2, 0.25) is 0 Å². The molecule has 0 amide bonds. The monoisotopic (exact) mass is 229 g/mol. The van der Waals surface area contributed by atoms with Crippen molar-refractivity contribution in [1.29, 1.82) is 0 Å². The Morgan fingerprint density at radius 2 is 2.07 bits per heavy atom. The van der Waals surface area contributed by atoms with Crippen LogP contribution in [0, 0.1) is 0 Å². The van der Waals surface area contributed by atoms with Crippen molar-refractivity contribution in [1.82, 2.24) is 5.32 Å². The number of halogens is 1. The summed E-state index contributed by atoms with van der Waals surface area (Å²) < 4.78 is 5.44. The van der Waals surface area contributed by atoms with Crippen LogP contribution in [0.5, 0.6) is 5.75 Å². The third kappa shape index (κ3) is 5.62. The summed E-state index contributed by atoms with van der Waals surface area (Å²) in [6, 6.07) is 7.24. The van der Waals surface area contributed by atoms with E-state index >= 15 is 0 Å². The molecule has 0 aliphatic rings. The zero-order chi connectivity index (χ0) is 11.1. The fourth-order valence-electron chi connectivity index (χ4n) is 1.08. The van der Waals surface area contributed by atoms with Gasteiger partial charge in [0, 0.05) is 18.1 Å². The van der Waals surface area contributed by atoms with Crippen LogP contribution in [0.4, 0.5) is 0 Å². The minimum absolute atomic E-state index is 0.319. The van der Waals surface area contributed by atoms with Gasteiger partial charge < -0.3 is 15.2 Å². The van der Waals surface area contributed by atoms with Crippen LogP contribution in [0.15, 0.2) is 24.3 Å². The maximum absolute atomic E-state index is 8.98. The van der Waals surface area contributed by atoms with Crippen molar-refractivity contribution in [3.05, 3.63) is 29.3 Å². The predicted octanol–water partition coefficient (Wildman–Crippen LogP) is 1.69. The van der Waals surface area contributed by atoms with E-state index in [-0.39, 0.29) is 6.10 Å². The van der Waals surface area contributed by atoms with E-state index in [1.54, 1.807) is 19.1 Å². The Balaban J connectivity index is 2.12. The first-order valence-electron chi connectivity index (χ1n) is 4.95. The fraction of sp³-hybridized carbons (Fsp3) is 0.455. The zero-order valence-corrected chi connectivity index (χ0v) is 9.50. The largest absolute Gasteiger partial charge is 0.492 e. The highest BCUT2D eigenvalue weighted by Gasteiger charge is 1.95. The number of aliphatic hydroxyl groups excluding tert-OH is 1. The molecule has 0 aromatic heterocycles. The predicted molar refractivity (Wildman–Crippen MR) is 61.5 cm³/mol. The lowest BCUT2D eigenvalue weighted by Gasteiger charge is -2.08. The molecular formula is C11H16ClNO2. The molecule has 4 heteroatoms. The standard InChI is InChI=1S/C11H16ClNO2/c1-9(14)8-13-6-7-15-11-4-2-10(12)3-5-11/h2-5,9,13-14H,6-8H2,1H3/t9-/m0/s1. The van der Waals surface area contributed by atoms with Gasteiger partial charge in [-0.3, -0.25) is 0 Å². The molecule has 15 heavy (non-hydrogen) atoms. The summed E-state index contributed by atoms with van der Waals surface area (Å²) in [7, 11) is 0. The first-order chi connectivity index (χ1) is 7.18. The Labute approximate surface area is 95.0 Å². The molecule has 0 heterocycles. The molecule has 0 saturated heterocycles. The lowest BCUT2D eigenvalue weighted by atomic mass is 10.3. The second kappa shape index (κ2) is 6.67. The lowest BCUT2D eigenvalue weighted by Crippen LogP contribution is -2.28. The Kier molecular flexibility index (Phi) is 5.47. The van der Waals surface area contributed by atoms with E-state index in [1.807, 2.05) is 12.1 Å². The Bertz CT molecular complexity index is 274. The highest BCUT2D eigenvalue weighted by Crippen LogP contribution is 2.14. The van der Waals surface area contributed by atoms with Crippen LogP contribution < -0.4 is 10.1 Å². The molecule has 0 unspecified atom stereocenters. The number of aliphatic hydroxyl groups is 1. The van der Waals surface area contributed by atoms with Crippen LogP contribution in [0.1, 0.15) is 6.92 Å². The molecule has 0 radical (unpaired) electrons. The minimum atomic E-state index is -0.319. The molecular weight excluding hydrogens is 214 g/mol. The van der Waals surface area contributed by atoms with E-state index in [0.717, 1.165) is 5.75 Å². The van der Waals surface area contributed by atoms with Gasteiger partial charge in [-0.05, 0) is 31.2 Å². The molecule has 0 saturated carbocycles. The molecule has 0 spiro atoms. The molecule has 0 aliphatic heterocycles. The summed E-state index contributed by atoms with van der Waals surface area (Å²) in [5.41, 5.74) is 0. The maximum atomic E-state index is 8.98. The quantitative estimate of drug-likeness (QED) is 0.730. The van der Waals surface area contributed by atoms with Crippen LogP contribution in [0.2, 0.25) is 5.02 Å². The van der Waals surface area contributed by atoms with Crippen LogP contribution in [0.3, 0.4) is 0 Å². The molecule has 3 nitrogen and oxygen atoms in total. The molecule has 0 aliphatic carbocycles. The van der Waals surface area contributed by atoms with Crippen LogP contribution in [-0.4, -0.2) is 30.9 Å². The number of hydrogen-bond donors (Lipinski definition) is 2. The van der Waals surface area contributed by atoms with E-state index in [1.165, 1.54) is 0 Å². The Hall–Kier alpha value is -0.770. The molecule has 0 fully saturated rings. The average molecular weight is 230 g/mol. The first-order valence-corrected chi connectivity index (χ1v) is 5.33. The van der Waals surface area contributed by atoms with Crippen LogP contribution >= 0.6 is 11.6 Å². The van der Waals surface area contributed by atoms with Gasteiger partial charge in [0.05, 0.1) is 6.10 Å². The molecule has 1 aromatic carbocycles. The summed E-state index contributed by atoms with van der Waals surface area (Å²) in [6.07, 6.45) is -0.319. The van der Waals surface area contributed by atoms with Gasteiger partial charge in [-0.15, -0.1) is 0 Å². The molecule has 1 atom stereocenters. The summed E-state index contributed by atoms with van der Waals surface area (Å²) in [4.78, 5) is 0. The SMILES string of the molecule is C[C@H](O)CNCCOc1ccc(Cl)cc1. The number of nitrogens with one attached hydrogen (secondary N) is 1. The molecule has 1 aromatic rings. The number of benzene rings is 1. The summed E-state index contributed by atoms with van der Waals surface area (Å²) in [5.74, 6) is 0.804. The summed E-state index contributed by atoms with van der Waals surface area (Å²) >= 11 is 5.73. The Morgan fingerprint density at radius 3 is 2.67 bits per heavy atom. The van der Waals surface area contributed by atoms with Crippen LogP contribution in [0.25, 0.3) is 0 Å². The van der Waals surface area contributed by atoms with E-state index in [9.17, 15) is 0 Å². The van der Waals surface area contributed by atoms with Gasteiger partial charge in [0.1, 0.15) is 12.4 Å². The maximum Gasteiger partial charge on any atom is 0.119 e. The number of ether oxygens (including phenoxy) is 1. The first kappa shape index (κ1) is 12.3. The summed E-state index contributed by atoms with van der Waals surface area (Å²) in [6.45, 7) is 3.62. The number of hydrogen-bond acceptors (Lipinski definition) is 3. The van der Waals surface area contributed by atoms with Crippen molar-refractivity contribution in [2.75, 3.05) is 19.7 Å². The molecule has 1 rings (SSSR count). The van der Waals surface area contributed by atoms with Crippen molar-refractivity contribution in [2.24, 2.45) is 0 Å². The van der Waals surface area contributed by atoms with Crippen molar-refractivity contribution in [3.8, 4) is 5.75 Å². The van der Waals surface area contributed by atoms with Crippen molar-refractivity contribution in [2.45, 2.75) is 13.0 Å². The van der Waals surface area contributed by atoms with Gasteiger partial charge in [-0.1, -0.05) is 11.6 Å². The third-order valence-corrected chi connectivity index (χ3v) is 2.05. The Morgan fingerprint density at radius 1 is 1.40 bits per heavy atom. The highest BCUT2D eigenvalue weighted by molar-refractivity contribution is 6.30. The topological polar surface area (TPSA) is 41.5 Å². The lowest BCUT2D eigenvalue weighted by molar-refractivity contribution is 0.188. The minimum Gasteiger partial charge on any atom is -0.492 e. The van der Waals surface area contributed by atoms with Gasteiger partial charge in [-0.25, -0.2) is 0 Å². The highest BCUT2D eigenvalue weighted by atomic mass is 35.5. The number of rotatable bonds is 6. The van der Waals surface area contributed by atoms with E-state index in [4.69, 9.17) is 21.4 Å². The average Bonchev–Trinajstić information content (AvgIpc) is 2.20. The van der Waals surface area contributed by atoms with Gasteiger partial charge in [-0.2, -0.15) is 0 Å². The van der Waals surface area contributed by atoms with E-state index in [0.29, 0.717) is 24.7 Å². The van der Waals surface area contributed by atoms with E-state index in [2.05, 4.69) is 5.32 Å². The van der Waals surface area contributed by atoms with Crippen molar-refractivity contribution >= 4 is 11.6 Å². The molecule has 2 N–H and O–H groups in total. The van der Waals surface area contributed by atoms with Gasteiger partial charge in [0.15, 0.2) is 0 Å². The van der Waals surface area contributed by atoms with Gasteiger partial charge >= 0.3 is 0 Å². The smallest absolute Gasteiger partial charge is 0.119 e. The van der Waals surface area contributed by atoms with Crippen molar-refractivity contribution < 1.29 is 9.84 Å². The van der Waals surface area contributed by atoms with E-state index < -0.39 is 0 Å². The normalized spacial score (nSPS) is 12.5. The van der Waals surface area contributed by atoms with Crippen LogP contribution in [-0.2, 0) is 0 Å². The third-order valence-electron chi connectivity index (χ3n) is 1.80. The molecule has 0 bridgehead atoms.